The summed E-state index contributed by atoms with van der Waals surface area (Å²) in [6.07, 6.45) is 0. The van der Waals surface area contributed by atoms with Crippen LogP contribution in [0.25, 0.3) is 0 Å². The van der Waals surface area contributed by atoms with E-state index in [0.29, 0.717) is 0 Å². The Morgan fingerprint density at radius 1 is 0.737 bits per heavy atom. The molecule has 0 atom stereocenters. The van der Waals surface area contributed by atoms with Gasteiger partial charge in [0.05, 0.1) is 0 Å². The third-order valence-electron chi connectivity index (χ3n) is 1.91. The van der Waals surface area contributed by atoms with Crippen molar-refractivity contribution < 1.29 is 55.6 Å². The summed E-state index contributed by atoms with van der Waals surface area (Å²) < 4.78 is 56.1. The third-order valence-corrected chi connectivity index (χ3v) is 5.16. The van der Waals surface area contributed by atoms with E-state index < -0.39 is 48.1 Å². The summed E-state index contributed by atoms with van der Waals surface area (Å²) in [7, 11) is -12.2. The van der Waals surface area contributed by atoms with E-state index >= 15 is 0 Å². The van der Waals surface area contributed by atoms with Gasteiger partial charge in [0.15, 0.2) is 0 Å². The summed E-state index contributed by atoms with van der Waals surface area (Å²) in [6.45, 7) is 0. The highest BCUT2D eigenvalue weighted by Gasteiger charge is 2.70. The lowest BCUT2D eigenvalue weighted by Crippen LogP contribution is -2.60. The zero-order valence-electron chi connectivity index (χ0n) is 8.49. The maximum Gasteiger partial charge on any atom is 0.335 e. The fourth-order valence-electron chi connectivity index (χ4n) is 1.18. The summed E-state index contributed by atoms with van der Waals surface area (Å²) in [6, 6.07) is 0. The van der Waals surface area contributed by atoms with E-state index in [4.69, 9.17) is 24.4 Å². The predicted molar refractivity (Wildman–Crippen MR) is 52.2 cm³/mol. The minimum absolute atomic E-state index is 2.92. The molecule has 0 spiro atoms. The molecule has 0 aromatic rings. The molecule has 0 amide bonds. The Hall–Kier alpha value is -1.77. The second kappa shape index (κ2) is 4.72. The molecule has 0 saturated carbocycles. The Morgan fingerprint density at radius 3 is 1.00 bits per heavy atom. The van der Waals surface area contributed by atoms with Gasteiger partial charge in [-0.05, 0) is 0 Å². The van der Waals surface area contributed by atoms with Crippen LogP contribution in [-0.4, -0.2) is 63.8 Å². The van der Waals surface area contributed by atoms with Crippen molar-refractivity contribution in [2.45, 2.75) is 4.58 Å². The average Bonchev–Trinajstić information content (AvgIpc) is 2.07. The number of carbonyl (C=O) groups is 3. The number of carboxylic acid groups (broad SMARTS) is 3. The van der Waals surface area contributed by atoms with Crippen molar-refractivity contribution in [2.75, 3.05) is 0 Å². The van der Waals surface area contributed by atoms with Gasteiger partial charge in [-0.15, -0.1) is 0 Å². The highest BCUT2D eigenvalue weighted by molar-refractivity contribution is 8.04. The highest BCUT2D eigenvalue weighted by Crippen LogP contribution is 2.32. The Kier molecular flexibility index (Phi) is 4.28. The Labute approximate surface area is 104 Å². The van der Waals surface area contributed by atoms with Crippen LogP contribution in [0.4, 0.5) is 0 Å². The van der Waals surface area contributed by atoms with Crippen molar-refractivity contribution in [3.63, 3.8) is 0 Å². The number of aliphatic carboxylic acids is 3. The topological polar surface area (TPSA) is 221 Å². The minimum atomic E-state index is -6.10. The monoisotopic (exact) mass is 322 g/mol. The highest BCUT2D eigenvalue weighted by atomic mass is 32.3. The van der Waals surface area contributed by atoms with Gasteiger partial charge in [0.1, 0.15) is 0 Å². The summed E-state index contributed by atoms with van der Waals surface area (Å²) >= 11 is 0. The number of hydrogen-bond donors (Lipinski definition) is 5. The molecule has 0 rings (SSSR count). The molecule has 0 fully saturated rings. The Morgan fingerprint density at radius 2 is 0.947 bits per heavy atom. The SMILES string of the molecule is O=C(O)C(C(=O)O)(C(=O)O)C(S(=O)(=O)O)S(=O)(=O)O. The zero-order valence-corrected chi connectivity index (χ0v) is 10.1. The smallest absolute Gasteiger partial charge is 0.335 e. The number of rotatable bonds is 6. The van der Waals surface area contributed by atoms with Gasteiger partial charge in [-0.25, -0.2) is 0 Å². The second-order valence-electron chi connectivity index (χ2n) is 3.09. The van der Waals surface area contributed by atoms with Crippen molar-refractivity contribution in [1.82, 2.24) is 0 Å². The van der Waals surface area contributed by atoms with Crippen LogP contribution >= 0.6 is 0 Å². The Balaban J connectivity index is 6.84. The summed E-state index contributed by atoms with van der Waals surface area (Å²) in [5.41, 5.74) is -4.54. The van der Waals surface area contributed by atoms with Crippen molar-refractivity contribution in [3.05, 3.63) is 0 Å². The van der Waals surface area contributed by atoms with Crippen molar-refractivity contribution >= 4 is 38.1 Å². The van der Waals surface area contributed by atoms with Crippen LogP contribution in [0.1, 0.15) is 0 Å². The molecule has 0 radical (unpaired) electrons. The van der Waals surface area contributed by atoms with Crippen LogP contribution in [0.15, 0.2) is 0 Å². The molecule has 14 heteroatoms. The van der Waals surface area contributed by atoms with E-state index in [9.17, 15) is 31.2 Å². The lowest BCUT2D eigenvalue weighted by Gasteiger charge is -2.24. The third kappa shape index (κ3) is 2.80. The lowest BCUT2D eigenvalue weighted by atomic mass is 9.90. The quantitative estimate of drug-likeness (QED) is 0.249. The van der Waals surface area contributed by atoms with E-state index in [0.717, 1.165) is 0 Å². The molecule has 0 unspecified atom stereocenters. The molecule has 110 valence electrons. The van der Waals surface area contributed by atoms with Gasteiger partial charge >= 0.3 is 17.9 Å². The first-order valence-corrected chi connectivity index (χ1v) is 6.83. The molecule has 5 N–H and O–H groups in total. The van der Waals surface area contributed by atoms with E-state index in [1.807, 2.05) is 0 Å². The van der Waals surface area contributed by atoms with Gasteiger partial charge in [-0.2, -0.15) is 16.8 Å². The molecule has 0 bridgehead atoms. The standard InChI is InChI=1S/C5H6O12S2/c6-1(7)5(2(8)9,3(10)11)4(18(12,13)14)19(15,16)17/h4H,(H,6,7)(H,8,9)(H,10,11)(H,12,13,14)(H,15,16,17). The maximum absolute atomic E-state index is 10.8. The van der Waals surface area contributed by atoms with Gasteiger partial charge in [-0.3, -0.25) is 23.5 Å². The van der Waals surface area contributed by atoms with Gasteiger partial charge in [0.25, 0.3) is 25.7 Å². The molecule has 0 heterocycles. The molecular formula is C5H6O12S2. The van der Waals surface area contributed by atoms with Crippen LogP contribution in [0.5, 0.6) is 0 Å². The van der Waals surface area contributed by atoms with E-state index in [2.05, 4.69) is 0 Å². The Bertz CT molecular complexity index is 555. The first-order valence-electron chi connectivity index (χ1n) is 3.83. The molecule has 0 aromatic heterocycles. The van der Waals surface area contributed by atoms with E-state index in [1.165, 1.54) is 0 Å². The maximum atomic E-state index is 10.8. The number of hydrogen-bond acceptors (Lipinski definition) is 7. The minimum Gasteiger partial charge on any atom is -0.480 e. The average molecular weight is 322 g/mol. The van der Waals surface area contributed by atoms with Crippen molar-refractivity contribution in [3.8, 4) is 0 Å². The van der Waals surface area contributed by atoms with Crippen LogP contribution in [-0.2, 0) is 34.6 Å². The van der Waals surface area contributed by atoms with Gasteiger partial charge in [0, 0.05) is 0 Å². The second-order valence-corrected chi connectivity index (χ2v) is 6.39. The fraction of sp³-hybridized carbons (Fsp3) is 0.400. The largest absolute Gasteiger partial charge is 0.480 e. The molecule has 12 nitrogen and oxygen atoms in total. The van der Waals surface area contributed by atoms with Crippen LogP contribution in [0.2, 0.25) is 0 Å². The zero-order chi connectivity index (χ0) is 15.8. The lowest BCUT2D eigenvalue weighted by molar-refractivity contribution is -0.174. The first kappa shape index (κ1) is 17.2. The van der Waals surface area contributed by atoms with Crippen molar-refractivity contribution in [2.24, 2.45) is 5.41 Å². The predicted octanol–water partition coefficient (Wildman–Crippen LogP) is -2.67. The molecule has 0 saturated heterocycles. The first-order chi connectivity index (χ1) is 8.20. The van der Waals surface area contributed by atoms with E-state index in [1.54, 1.807) is 0 Å². The normalized spacial score (nSPS) is 13.2. The van der Waals surface area contributed by atoms with Gasteiger partial charge < -0.3 is 15.3 Å². The summed E-state index contributed by atoms with van der Waals surface area (Å²) in [4.78, 5) is 32.2. The summed E-state index contributed by atoms with van der Waals surface area (Å²) in [5.74, 6) is -8.77. The van der Waals surface area contributed by atoms with Crippen LogP contribution in [0.3, 0.4) is 0 Å². The molecule has 19 heavy (non-hydrogen) atoms. The van der Waals surface area contributed by atoms with Crippen LogP contribution in [0, 0.1) is 5.41 Å². The van der Waals surface area contributed by atoms with Gasteiger partial charge in [-0.1, -0.05) is 0 Å². The number of carboxylic acids is 3. The molecule has 0 aliphatic heterocycles. The molecular weight excluding hydrogens is 316 g/mol. The molecule has 0 aromatic carbocycles. The van der Waals surface area contributed by atoms with Crippen LogP contribution < -0.4 is 0 Å². The summed E-state index contributed by atoms with van der Waals surface area (Å²) in [5, 5.41) is 25.6. The molecule has 0 aliphatic rings. The van der Waals surface area contributed by atoms with Gasteiger partial charge in [0.2, 0.25) is 4.58 Å². The van der Waals surface area contributed by atoms with E-state index in [-0.39, 0.29) is 0 Å². The molecule has 0 aliphatic carbocycles. The fourth-order valence-corrected chi connectivity index (χ4v) is 3.91. The van der Waals surface area contributed by atoms with Crippen molar-refractivity contribution in [1.29, 1.82) is 0 Å².